The van der Waals surface area contributed by atoms with E-state index in [9.17, 15) is 12.8 Å². The molecule has 0 aromatic heterocycles. The number of anilines is 2. The van der Waals surface area contributed by atoms with Crippen molar-refractivity contribution >= 4 is 37.3 Å². The Labute approximate surface area is 125 Å². The van der Waals surface area contributed by atoms with Gasteiger partial charge in [-0.1, -0.05) is 15.9 Å². The van der Waals surface area contributed by atoms with E-state index in [4.69, 9.17) is 5.73 Å². The molecule has 0 radical (unpaired) electrons. The minimum Gasteiger partial charge on any atom is -0.399 e. The van der Waals surface area contributed by atoms with Crippen molar-refractivity contribution in [2.24, 2.45) is 0 Å². The van der Waals surface area contributed by atoms with Crippen LogP contribution in [0.2, 0.25) is 0 Å². The van der Waals surface area contributed by atoms with Crippen LogP contribution in [0.4, 0.5) is 15.8 Å². The number of aryl methyl sites for hydroxylation is 1. The van der Waals surface area contributed by atoms with Gasteiger partial charge in [0.25, 0.3) is 10.0 Å². The minimum absolute atomic E-state index is 0.0612. The zero-order chi connectivity index (χ0) is 14.9. The molecule has 0 heterocycles. The monoisotopic (exact) mass is 358 g/mol. The number of hydrogen-bond acceptors (Lipinski definition) is 3. The van der Waals surface area contributed by atoms with Gasteiger partial charge in [0.1, 0.15) is 5.82 Å². The molecule has 3 N–H and O–H groups in total. The van der Waals surface area contributed by atoms with Crippen molar-refractivity contribution in [3.63, 3.8) is 0 Å². The third-order valence-electron chi connectivity index (χ3n) is 2.66. The highest BCUT2D eigenvalue weighted by Crippen LogP contribution is 2.25. The number of hydrogen-bond donors (Lipinski definition) is 2. The van der Waals surface area contributed by atoms with E-state index in [1.807, 2.05) is 0 Å². The van der Waals surface area contributed by atoms with Crippen LogP contribution in [-0.2, 0) is 10.0 Å². The molecule has 0 atom stereocenters. The summed E-state index contributed by atoms with van der Waals surface area (Å²) in [7, 11) is -3.87. The lowest BCUT2D eigenvalue weighted by atomic mass is 10.2. The maximum atomic E-state index is 13.6. The molecule has 0 spiro atoms. The summed E-state index contributed by atoms with van der Waals surface area (Å²) in [5, 5.41) is 0. The summed E-state index contributed by atoms with van der Waals surface area (Å²) in [6.07, 6.45) is 0. The van der Waals surface area contributed by atoms with Gasteiger partial charge in [0.15, 0.2) is 0 Å². The molecule has 0 saturated carbocycles. The van der Waals surface area contributed by atoms with E-state index >= 15 is 0 Å². The van der Waals surface area contributed by atoms with Crippen LogP contribution in [0.3, 0.4) is 0 Å². The zero-order valence-corrected chi connectivity index (χ0v) is 12.9. The fraction of sp³-hybridized carbons (Fsp3) is 0.0769. The van der Waals surface area contributed by atoms with Crippen molar-refractivity contribution in [3.8, 4) is 0 Å². The Bertz CT molecular complexity index is 763. The Hall–Kier alpha value is -1.60. The summed E-state index contributed by atoms with van der Waals surface area (Å²) in [5.41, 5.74) is 6.43. The second-order valence-corrected chi connectivity index (χ2v) is 6.82. The molecule has 0 aliphatic heterocycles. The van der Waals surface area contributed by atoms with Crippen molar-refractivity contribution in [2.75, 3.05) is 10.5 Å². The molecule has 2 aromatic rings. The van der Waals surface area contributed by atoms with Gasteiger partial charge in [0.05, 0.1) is 10.6 Å². The van der Waals surface area contributed by atoms with Crippen molar-refractivity contribution in [2.45, 2.75) is 11.8 Å². The highest BCUT2D eigenvalue weighted by Gasteiger charge is 2.18. The van der Waals surface area contributed by atoms with Crippen LogP contribution in [0, 0.1) is 12.7 Å². The first-order valence-electron chi connectivity index (χ1n) is 5.63. The number of nitrogens with one attached hydrogen (secondary N) is 1. The molecule has 7 heteroatoms. The van der Waals surface area contributed by atoms with E-state index < -0.39 is 15.8 Å². The lowest BCUT2D eigenvalue weighted by Crippen LogP contribution is -2.15. The Kier molecular flexibility index (Phi) is 4.01. The number of sulfonamides is 1. The van der Waals surface area contributed by atoms with E-state index in [0.717, 1.165) is 0 Å². The average molecular weight is 359 g/mol. The highest BCUT2D eigenvalue weighted by molar-refractivity contribution is 9.10. The average Bonchev–Trinajstić information content (AvgIpc) is 2.33. The number of halogens is 2. The molecule has 0 unspecified atom stereocenters. The molecule has 0 fully saturated rings. The van der Waals surface area contributed by atoms with Crippen molar-refractivity contribution in [1.29, 1.82) is 0 Å². The zero-order valence-electron chi connectivity index (χ0n) is 10.5. The molecule has 0 aliphatic rings. The third-order valence-corrected chi connectivity index (χ3v) is 4.68. The van der Waals surface area contributed by atoms with Crippen LogP contribution >= 0.6 is 15.9 Å². The summed E-state index contributed by atoms with van der Waals surface area (Å²) >= 11 is 3.17. The quantitative estimate of drug-likeness (QED) is 0.827. The standard InChI is InChI=1S/C13H12BrFN2O2S/c1-8-6-10(16)3-5-13(8)20(18,19)17-12-7-9(14)2-4-11(12)15/h2-7,17H,16H2,1H3. The molecule has 0 aliphatic carbocycles. The minimum atomic E-state index is -3.87. The second kappa shape index (κ2) is 5.41. The van der Waals surface area contributed by atoms with E-state index in [-0.39, 0.29) is 10.6 Å². The molecule has 0 saturated heterocycles. The number of nitrogens with two attached hydrogens (primary N) is 1. The maximum absolute atomic E-state index is 13.6. The predicted molar refractivity (Wildman–Crippen MR) is 80.5 cm³/mol. The molecule has 0 amide bonds. The molecule has 0 bridgehead atoms. The largest absolute Gasteiger partial charge is 0.399 e. The molecule has 2 rings (SSSR count). The van der Waals surface area contributed by atoms with Crippen LogP contribution < -0.4 is 10.5 Å². The topological polar surface area (TPSA) is 72.2 Å². The van der Waals surface area contributed by atoms with E-state index in [2.05, 4.69) is 20.7 Å². The van der Waals surface area contributed by atoms with Gasteiger partial charge in [0, 0.05) is 10.2 Å². The summed E-state index contributed by atoms with van der Waals surface area (Å²) in [5.74, 6) is -0.648. The molecular weight excluding hydrogens is 347 g/mol. The summed E-state index contributed by atoms with van der Waals surface area (Å²) in [4.78, 5) is 0.0612. The van der Waals surface area contributed by atoms with Gasteiger partial charge in [-0.15, -0.1) is 0 Å². The van der Waals surface area contributed by atoms with Gasteiger partial charge in [0.2, 0.25) is 0 Å². The number of benzene rings is 2. The van der Waals surface area contributed by atoms with Crippen molar-refractivity contribution in [3.05, 3.63) is 52.3 Å². The van der Waals surface area contributed by atoms with Crippen LogP contribution in [0.5, 0.6) is 0 Å². The van der Waals surface area contributed by atoms with Gasteiger partial charge in [-0.2, -0.15) is 0 Å². The fourth-order valence-corrected chi connectivity index (χ4v) is 3.40. The Morgan fingerprint density at radius 3 is 2.55 bits per heavy atom. The lowest BCUT2D eigenvalue weighted by Gasteiger charge is -2.11. The van der Waals surface area contributed by atoms with Crippen LogP contribution in [0.1, 0.15) is 5.56 Å². The van der Waals surface area contributed by atoms with Crippen molar-refractivity contribution in [1.82, 2.24) is 0 Å². The van der Waals surface area contributed by atoms with Gasteiger partial charge in [-0.3, -0.25) is 4.72 Å². The normalized spacial score (nSPS) is 11.3. The summed E-state index contributed by atoms with van der Waals surface area (Å²) < 4.78 is 40.9. The molecular formula is C13H12BrFN2O2S. The van der Waals surface area contributed by atoms with Crippen LogP contribution in [-0.4, -0.2) is 8.42 Å². The first-order valence-corrected chi connectivity index (χ1v) is 7.91. The van der Waals surface area contributed by atoms with Crippen LogP contribution in [0.15, 0.2) is 45.8 Å². The van der Waals surface area contributed by atoms with Gasteiger partial charge in [-0.25, -0.2) is 12.8 Å². The Balaban J connectivity index is 2.43. The first-order chi connectivity index (χ1) is 9.29. The second-order valence-electron chi connectivity index (χ2n) is 4.25. The summed E-state index contributed by atoms with van der Waals surface area (Å²) in [6, 6.07) is 8.45. The highest BCUT2D eigenvalue weighted by atomic mass is 79.9. The first kappa shape index (κ1) is 14.8. The van der Waals surface area contributed by atoms with Gasteiger partial charge in [-0.05, 0) is 48.9 Å². The van der Waals surface area contributed by atoms with E-state index in [1.54, 1.807) is 13.0 Å². The Morgan fingerprint density at radius 1 is 1.20 bits per heavy atom. The number of rotatable bonds is 3. The molecule has 2 aromatic carbocycles. The number of nitrogen functional groups attached to an aromatic ring is 1. The van der Waals surface area contributed by atoms with Crippen LogP contribution in [0.25, 0.3) is 0 Å². The SMILES string of the molecule is Cc1cc(N)ccc1S(=O)(=O)Nc1cc(Br)ccc1F. The third kappa shape index (κ3) is 3.10. The van der Waals surface area contributed by atoms with E-state index in [0.29, 0.717) is 15.7 Å². The smallest absolute Gasteiger partial charge is 0.262 e. The van der Waals surface area contributed by atoms with E-state index in [1.165, 1.54) is 30.3 Å². The predicted octanol–water partition coefficient (Wildman–Crippen LogP) is 3.28. The molecule has 106 valence electrons. The maximum Gasteiger partial charge on any atom is 0.262 e. The Morgan fingerprint density at radius 2 is 1.90 bits per heavy atom. The summed E-state index contributed by atoms with van der Waals surface area (Å²) in [6.45, 7) is 1.63. The lowest BCUT2D eigenvalue weighted by molar-refractivity contribution is 0.598. The molecule has 4 nitrogen and oxygen atoms in total. The van der Waals surface area contributed by atoms with Gasteiger partial charge >= 0.3 is 0 Å². The van der Waals surface area contributed by atoms with Gasteiger partial charge < -0.3 is 5.73 Å². The van der Waals surface area contributed by atoms with Crippen molar-refractivity contribution < 1.29 is 12.8 Å². The molecule has 20 heavy (non-hydrogen) atoms. The fourth-order valence-electron chi connectivity index (χ4n) is 1.75.